The van der Waals surface area contributed by atoms with Crippen molar-refractivity contribution in [3.8, 4) is 0 Å². The number of rotatable bonds is 9. The minimum Gasteiger partial charge on any atom is -0.346 e. The summed E-state index contributed by atoms with van der Waals surface area (Å²) in [5.41, 5.74) is 6.53. The summed E-state index contributed by atoms with van der Waals surface area (Å²) in [6.45, 7) is 8.40. The van der Waals surface area contributed by atoms with E-state index < -0.39 is 10.0 Å². The van der Waals surface area contributed by atoms with Crippen molar-refractivity contribution in [2.45, 2.75) is 76.9 Å². The van der Waals surface area contributed by atoms with Crippen molar-refractivity contribution in [1.29, 1.82) is 0 Å². The zero-order chi connectivity index (χ0) is 16.0. The molecule has 0 saturated heterocycles. The predicted octanol–water partition coefficient (Wildman–Crippen LogP) is 2.77. The van der Waals surface area contributed by atoms with Crippen molar-refractivity contribution in [2.75, 3.05) is 0 Å². The second-order valence-corrected chi connectivity index (χ2v) is 7.60. The molecule has 0 aliphatic rings. The Bertz CT molecular complexity index is 535. The molecule has 0 fully saturated rings. The van der Waals surface area contributed by atoms with Crippen molar-refractivity contribution in [3.63, 3.8) is 0 Å². The molecular weight excluding hydrogens is 286 g/mol. The van der Waals surface area contributed by atoms with Crippen LogP contribution in [-0.4, -0.2) is 19.0 Å². The van der Waals surface area contributed by atoms with Gasteiger partial charge in [-0.05, 0) is 33.3 Å². The van der Waals surface area contributed by atoms with Crippen LogP contribution in [0.25, 0.3) is 0 Å². The smallest absolute Gasteiger partial charge is 0.242 e. The molecule has 0 bridgehead atoms. The summed E-state index contributed by atoms with van der Waals surface area (Å²) in [6, 6.07) is 1.81. The zero-order valence-corrected chi connectivity index (χ0v) is 14.4. The Morgan fingerprint density at radius 1 is 1.29 bits per heavy atom. The third-order valence-electron chi connectivity index (χ3n) is 3.58. The molecule has 0 amide bonds. The third kappa shape index (κ3) is 5.13. The normalized spacial score (nSPS) is 13.8. The third-order valence-corrected chi connectivity index (χ3v) is 5.14. The Kier molecular flexibility index (Phi) is 6.90. The van der Waals surface area contributed by atoms with Gasteiger partial charge >= 0.3 is 0 Å². The zero-order valence-electron chi connectivity index (χ0n) is 13.6. The Balaban J connectivity index is 2.83. The fourth-order valence-electron chi connectivity index (χ4n) is 2.38. The molecular formula is C15H29N3O2S. The van der Waals surface area contributed by atoms with E-state index in [1.165, 1.54) is 0 Å². The second kappa shape index (κ2) is 7.96. The van der Waals surface area contributed by atoms with Crippen molar-refractivity contribution >= 4 is 10.0 Å². The van der Waals surface area contributed by atoms with E-state index in [1.807, 2.05) is 25.3 Å². The van der Waals surface area contributed by atoms with E-state index in [-0.39, 0.29) is 12.1 Å². The number of nitrogens with one attached hydrogen (secondary N) is 1. The van der Waals surface area contributed by atoms with Gasteiger partial charge in [0, 0.05) is 30.5 Å². The van der Waals surface area contributed by atoms with Crippen LogP contribution in [0.1, 0.15) is 65.1 Å². The van der Waals surface area contributed by atoms with Crippen molar-refractivity contribution < 1.29 is 8.42 Å². The van der Waals surface area contributed by atoms with E-state index in [1.54, 1.807) is 12.3 Å². The monoisotopic (exact) mass is 315 g/mol. The van der Waals surface area contributed by atoms with Crippen LogP contribution >= 0.6 is 0 Å². The lowest BCUT2D eigenvalue weighted by Gasteiger charge is -2.13. The van der Waals surface area contributed by atoms with Gasteiger partial charge in [0.1, 0.15) is 0 Å². The summed E-state index contributed by atoms with van der Waals surface area (Å²) < 4.78 is 29.5. The molecule has 0 spiro atoms. The van der Waals surface area contributed by atoms with Crippen LogP contribution in [0.15, 0.2) is 17.2 Å². The highest BCUT2D eigenvalue weighted by Gasteiger charge is 2.20. The first-order valence-corrected chi connectivity index (χ1v) is 9.23. The minimum atomic E-state index is -3.47. The number of unbranched alkanes of at least 4 members (excludes halogenated alkanes) is 2. The van der Waals surface area contributed by atoms with E-state index in [4.69, 9.17) is 5.73 Å². The maximum absolute atomic E-state index is 12.4. The highest BCUT2D eigenvalue weighted by molar-refractivity contribution is 7.89. The van der Waals surface area contributed by atoms with E-state index in [0.717, 1.165) is 31.4 Å². The fourth-order valence-corrected chi connectivity index (χ4v) is 3.71. The molecule has 122 valence electrons. The van der Waals surface area contributed by atoms with Gasteiger partial charge in [-0.15, -0.1) is 0 Å². The highest BCUT2D eigenvalue weighted by atomic mass is 32.2. The average Bonchev–Trinajstić information content (AvgIpc) is 2.83. The highest BCUT2D eigenvalue weighted by Crippen LogP contribution is 2.19. The molecule has 3 N–H and O–H groups in total. The van der Waals surface area contributed by atoms with Crippen molar-refractivity contribution in [2.24, 2.45) is 5.73 Å². The molecule has 0 aliphatic heterocycles. The first-order chi connectivity index (χ1) is 9.81. The van der Waals surface area contributed by atoms with E-state index >= 15 is 0 Å². The molecule has 0 saturated carbocycles. The van der Waals surface area contributed by atoms with Crippen molar-refractivity contribution in [3.05, 3.63) is 18.0 Å². The Morgan fingerprint density at radius 2 is 1.95 bits per heavy atom. The molecule has 6 heteroatoms. The topological polar surface area (TPSA) is 77.1 Å². The molecule has 1 heterocycles. The molecule has 5 nitrogen and oxygen atoms in total. The number of nitrogens with two attached hydrogens (primary N) is 1. The molecule has 0 aromatic carbocycles. The number of aromatic nitrogens is 1. The van der Waals surface area contributed by atoms with Gasteiger partial charge in [-0.1, -0.05) is 26.2 Å². The number of nitrogens with zero attached hydrogens (tertiary/aromatic N) is 1. The SMILES string of the molecule is CCCCCC(C)NS(=O)(=O)c1cc(CN)n(C(C)C)c1. The maximum atomic E-state index is 12.4. The largest absolute Gasteiger partial charge is 0.346 e. The number of sulfonamides is 1. The molecule has 1 atom stereocenters. The van der Waals surface area contributed by atoms with Gasteiger partial charge in [-0.3, -0.25) is 0 Å². The minimum absolute atomic E-state index is 0.0507. The van der Waals surface area contributed by atoms with Gasteiger partial charge in [-0.2, -0.15) is 0 Å². The second-order valence-electron chi connectivity index (χ2n) is 5.89. The molecule has 1 rings (SSSR count). The van der Waals surface area contributed by atoms with Crippen LogP contribution in [0.4, 0.5) is 0 Å². The van der Waals surface area contributed by atoms with Crippen LogP contribution in [0.2, 0.25) is 0 Å². The Morgan fingerprint density at radius 3 is 2.43 bits per heavy atom. The van der Waals surface area contributed by atoms with E-state index in [0.29, 0.717) is 11.4 Å². The summed E-state index contributed by atoms with van der Waals surface area (Å²) >= 11 is 0. The van der Waals surface area contributed by atoms with Gasteiger partial charge in [0.25, 0.3) is 0 Å². The molecule has 0 radical (unpaired) electrons. The fraction of sp³-hybridized carbons (Fsp3) is 0.733. The summed E-state index contributed by atoms with van der Waals surface area (Å²) in [5, 5.41) is 0. The average molecular weight is 315 g/mol. The number of hydrogen-bond donors (Lipinski definition) is 2. The molecule has 1 unspecified atom stereocenters. The van der Waals surface area contributed by atoms with Gasteiger partial charge in [0.05, 0.1) is 4.90 Å². The van der Waals surface area contributed by atoms with Gasteiger partial charge in [0.15, 0.2) is 0 Å². The number of hydrogen-bond acceptors (Lipinski definition) is 3. The predicted molar refractivity (Wildman–Crippen MR) is 86.6 cm³/mol. The summed E-state index contributed by atoms with van der Waals surface area (Å²) in [4.78, 5) is 0.305. The molecule has 0 aliphatic carbocycles. The standard InChI is InChI=1S/C15H29N3O2S/c1-5-6-7-8-13(4)17-21(19,20)15-9-14(10-16)18(11-15)12(2)3/h9,11-13,17H,5-8,10,16H2,1-4H3. The van der Waals surface area contributed by atoms with Crippen molar-refractivity contribution in [1.82, 2.24) is 9.29 Å². The van der Waals surface area contributed by atoms with Crippen LogP contribution < -0.4 is 10.5 Å². The maximum Gasteiger partial charge on any atom is 0.242 e. The molecule has 1 aromatic rings. The van der Waals surface area contributed by atoms with Gasteiger partial charge in [-0.25, -0.2) is 13.1 Å². The van der Waals surface area contributed by atoms with E-state index in [2.05, 4.69) is 11.6 Å². The quantitative estimate of drug-likeness (QED) is 0.688. The van der Waals surface area contributed by atoms with Crippen LogP contribution in [0.3, 0.4) is 0 Å². The Hall–Kier alpha value is -0.850. The summed E-state index contributed by atoms with van der Waals surface area (Å²) in [7, 11) is -3.47. The Labute approximate surface area is 129 Å². The summed E-state index contributed by atoms with van der Waals surface area (Å²) in [6.07, 6.45) is 5.85. The van der Waals surface area contributed by atoms with Gasteiger partial charge < -0.3 is 10.3 Å². The lowest BCUT2D eigenvalue weighted by Crippen LogP contribution is -2.32. The van der Waals surface area contributed by atoms with Gasteiger partial charge in [0.2, 0.25) is 10.0 Å². The lowest BCUT2D eigenvalue weighted by atomic mass is 10.1. The molecule has 21 heavy (non-hydrogen) atoms. The van der Waals surface area contributed by atoms with E-state index in [9.17, 15) is 8.42 Å². The van der Waals surface area contributed by atoms with Crippen LogP contribution in [0.5, 0.6) is 0 Å². The first-order valence-electron chi connectivity index (χ1n) is 7.75. The lowest BCUT2D eigenvalue weighted by molar-refractivity contribution is 0.526. The first kappa shape index (κ1) is 18.2. The van der Waals surface area contributed by atoms with Crippen LogP contribution in [0, 0.1) is 0 Å². The summed E-state index contributed by atoms with van der Waals surface area (Å²) in [5.74, 6) is 0. The van der Waals surface area contributed by atoms with Crippen LogP contribution in [-0.2, 0) is 16.6 Å². The molecule has 1 aromatic heterocycles.